The van der Waals surface area contributed by atoms with Gasteiger partial charge in [-0.3, -0.25) is 15.3 Å². The molecule has 2 unspecified atom stereocenters. The molecule has 0 amide bonds. The fraction of sp³-hybridized carbons (Fsp3) is 0.778. The van der Waals surface area contributed by atoms with Gasteiger partial charge in [-0.05, 0) is 20.9 Å². The molecule has 0 aromatic rings. The highest BCUT2D eigenvalue weighted by Crippen LogP contribution is 2.02. The second-order valence-corrected chi connectivity index (χ2v) is 3.92. The van der Waals surface area contributed by atoms with Gasteiger partial charge in [0, 0.05) is 18.6 Å². The predicted octanol–water partition coefficient (Wildman–Crippen LogP) is -1.55. The lowest BCUT2D eigenvalue weighted by molar-refractivity contribution is 0.201. The maximum Gasteiger partial charge on any atom is 0.185 e. The fourth-order valence-corrected chi connectivity index (χ4v) is 1.20. The van der Waals surface area contributed by atoms with Crippen molar-refractivity contribution >= 4 is 11.9 Å². The average molecular weight is 229 g/mol. The van der Waals surface area contributed by atoms with Gasteiger partial charge in [0.25, 0.3) is 0 Å². The first-order valence-electron chi connectivity index (χ1n) is 5.19. The number of aliphatic imine (C=N–C) groups is 1. The smallest absolute Gasteiger partial charge is 0.185 e. The summed E-state index contributed by atoms with van der Waals surface area (Å²) in [7, 11) is 1.99. The summed E-state index contributed by atoms with van der Waals surface area (Å²) in [4.78, 5) is 6.09. The monoisotopic (exact) mass is 229 g/mol. The molecule has 0 aromatic carbocycles. The van der Waals surface area contributed by atoms with Crippen LogP contribution in [-0.2, 0) is 0 Å². The highest BCUT2D eigenvalue weighted by Gasteiger charge is 2.15. The van der Waals surface area contributed by atoms with Crippen LogP contribution in [0.5, 0.6) is 0 Å². The van der Waals surface area contributed by atoms with Crippen LogP contribution in [0.3, 0.4) is 0 Å². The maximum atomic E-state index is 7.07. The van der Waals surface area contributed by atoms with E-state index in [9.17, 15) is 0 Å². The minimum atomic E-state index is -0.0165. The van der Waals surface area contributed by atoms with Crippen molar-refractivity contribution in [1.29, 1.82) is 5.41 Å². The molecule has 0 heterocycles. The van der Waals surface area contributed by atoms with Gasteiger partial charge in [0.1, 0.15) is 0 Å². The van der Waals surface area contributed by atoms with Gasteiger partial charge >= 0.3 is 0 Å². The quantitative estimate of drug-likeness (QED) is 0.278. The van der Waals surface area contributed by atoms with Crippen molar-refractivity contribution in [3.8, 4) is 0 Å². The molecule has 0 aliphatic heterocycles. The van der Waals surface area contributed by atoms with E-state index in [1.165, 1.54) is 0 Å². The molecule has 0 saturated heterocycles. The van der Waals surface area contributed by atoms with Crippen LogP contribution in [0.4, 0.5) is 0 Å². The molecule has 7 heteroatoms. The van der Waals surface area contributed by atoms with Crippen LogP contribution in [0.25, 0.3) is 0 Å². The Balaban J connectivity index is 4.05. The van der Waals surface area contributed by atoms with E-state index in [-0.39, 0.29) is 24.0 Å². The van der Waals surface area contributed by atoms with E-state index in [1.54, 1.807) is 0 Å². The van der Waals surface area contributed by atoms with Gasteiger partial charge in [-0.25, -0.2) is 0 Å². The van der Waals surface area contributed by atoms with Crippen molar-refractivity contribution in [2.24, 2.45) is 22.2 Å². The summed E-state index contributed by atoms with van der Waals surface area (Å²) in [5.41, 5.74) is 15.7. The van der Waals surface area contributed by atoms with Crippen molar-refractivity contribution in [3.63, 3.8) is 0 Å². The summed E-state index contributed by atoms with van der Waals surface area (Å²) in [6.07, 6.45) is 0. The van der Waals surface area contributed by atoms with Crippen molar-refractivity contribution < 1.29 is 0 Å². The lowest BCUT2D eigenvalue weighted by Gasteiger charge is -2.30. The molecule has 0 radical (unpaired) electrons. The van der Waals surface area contributed by atoms with E-state index in [0.29, 0.717) is 13.1 Å². The van der Waals surface area contributed by atoms with Crippen LogP contribution in [0.2, 0.25) is 0 Å². The summed E-state index contributed by atoms with van der Waals surface area (Å²) in [5, 5.41) is 9.85. The largest absolute Gasteiger partial charge is 0.370 e. The molecule has 0 aromatic heterocycles. The van der Waals surface area contributed by atoms with E-state index in [2.05, 4.69) is 15.2 Å². The molecule has 8 N–H and O–H groups in total. The summed E-state index contributed by atoms with van der Waals surface area (Å²) < 4.78 is 0. The number of rotatable bonds is 6. The zero-order valence-electron chi connectivity index (χ0n) is 10.2. The maximum absolute atomic E-state index is 7.07. The van der Waals surface area contributed by atoms with E-state index < -0.39 is 0 Å². The molecule has 16 heavy (non-hydrogen) atoms. The van der Waals surface area contributed by atoms with Crippen molar-refractivity contribution in [2.45, 2.75) is 25.9 Å². The molecule has 7 nitrogen and oxygen atoms in total. The molecule has 0 bridgehead atoms. The Bertz CT molecular complexity index is 246. The predicted molar refractivity (Wildman–Crippen MR) is 67.3 cm³/mol. The molecule has 0 spiro atoms. The summed E-state index contributed by atoms with van der Waals surface area (Å²) in [6.45, 7) is 5.26. The van der Waals surface area contributed by atoms with Crippen LogP contribution in [-0.4, -0.2) is 49.0 Å². The molecule has 0 fully saturated rings. The standard InChI is InChI=1S/C9H23N7/c1-6(4-14-8(10)11)16(3)7(2)5-15-9(12)13/h6-7H,4-5H2,1-3H3,(H4,10,11,14)(H4,12,13,15). The van der Waals surface area contributed by atoms with Crippen molar-refractivity contribution in [3.05, 3.63) is 0 Å². The van der Waals surface area contributed by atoms with E-state index in [0.717, 1.165) is 0 Å². The molecular weight excluding hydrogens is 206 g/mol. The number of nitrogens with one attached hydrogen (secondary N) is 2. The third-order valence-corrected chi connectivity index (χ3v) is 2.52. The number of likely N-dealkylation sites (N-methyl/N-ethyl adjacent to an activating group) is 1. The van der Waals surface area contributed by atoms with Gasteiger partial charge in [-0.15, -0.1) is 0 Å². The topological polar surface area (TPSA) is 130 Å². The normalized spacial score (nSPS) is 14.2. The number of guanidine groups is 2. The Morgan fingerprint density at radius 1 is 1.31 bits per heavy atom. The Labute approximate surface area is 96.6 Å². The third-order valence-electron chi connectivity index (χ3n) is 2.52. The number of hydrogen-bond donors (Lipinski definition) is 5. The number of nitrogens with two attached hydrogens (primary N) is 3. The van der Waals surface area contributed by atoms with Gasteiger partial charge in [-0.1, -0.05) is 0 Å². The van der Waals surface area contributed by atoms with Gasteiger partial charge in [-0.2, -0.15) is 0 Å². The van der Waals surface area contributed by atoms with Gasteiger partial charge in [0.05, 0.1) is 6.54 Å². The van der Waals surface area contributed by atoms with Crippen LogP contribution >= 0.6 is 0 Å². The van der Waals surface area contributed by atoms with Gasteiger partial charge < -0.3 is 22.5 Å². The molecule has 0 aliphatic rings. The van der Waals surface area contributed by atoms with Crippen molar-refractivity contribution in [2.75, 3.05) is 20.1 Å². The first-order chi connectivity index (χ1) is 7.34. The highest BCUT2D eigenvalue weighted by molar-refractivity contribution is 5.75. The average Bonchev–Trinajstić information content (AvgIpc) is 2.21. The van der Waals surface area contributed by atoms with Crippen LogP contribution in [0, 0.1) is 5.41 Å². The Kier molecular flexibility index (Phi) is 6.24. The summed E-state index contributed by atoms with van der Waals surface area (Å²) in [6, 6.07) is 0.471. The first-order valence-corrected chi connectivity index (χ1v) is 5.19. The Hall–Kier alpha value is -1.50. The molecule has 0 saturated carbocycles. The lowest BCUT2D eigenvalue weighted by atomic mass is 10.2. The molecule has 94 valence electrons. The van der Waals surface area contributed by atoms with Crippen LogP contribution in [0.1, 0.15) is 13.8 Å². The zero-order valence-corrected chi connectivity index (χ0v) is 10.2. The SMILES string of the molecule is CC(CN=C(N)N)N(C)C(C)CNC(=N)N. The molecular formula is C9H23N7. The van der Waals surface area contributed by atoms with E-state index >= 15 is 0 Å². The zero-order chi connectivity index (χ0) is 12.7. The third kappa shape index (κ3) is 6.07. The second-order valence-electron chi connectivity index (χ2n) is 3.92. The lowest BCUT2D eigenvalue weighted by Crippen LogP contribution is -2.46. The Morgan fingerprint density at radius 2 is 1.88 bits per heavy atom. The molecule has 0 aliphatic carbocycles. The van der Waals surface area contributed by atoms with E-state index in [4.69, 9.17) is 22.6 Å². The molecule has 0 rings (SSSR count). The van der Waals surface area contributed by atoms with Gasteiger partial charge in [0.15, 0.2) is 11.9 Å². The van der Waals surface area contributed by atoms with Crippen LogP contribution in [0.15, 0.2) is 4.99 Å². The highest BCUT2D eigenvalue weighted by atomic mass is 15.2. The van der Waals surface area contributed by atoms with Gasteiger partial charge in [0.2, 0.25) is 0 Å². The summed E-state index contributed by atoms with van der Waals surface area (Å²) >= 11 is 0. The minimum Gasteiger partial charge on any atom is -0.370 e. The number of hydrogen-bond acceptors (Lipinski definition) is 3. The van der Waals surface area contributed by atoms with E-state index in [1.807, 2.05) is 20.9 Å². The number of nitrogens with zero attached hydrogens (tertiary/aromatic N) is 2. The Morgan fingerprint density at radius 3 is 2.31 bits per heavy atom. The summed E-state index contributed by atoms with van der Waals surface area (Å²) in [5.74, 6) is 0.0897. The minimum absolute atomic E-state index is 0.0165. The first kappa shape index (κ1) is 14.5. The second kappa shape index (κ2) is 6.89. The van der Waals surface area contributed by atoms with Crippen molar-refractivity contribution in [1.82, 2.24) is 10.2 Å². The molecule has 2 atom stereocenters. The van der Waals surface area contributed by atoms with Crippen LogP contribution < -0.4 is 22.5 Å². The fourth-order valence-electron chi connectivity index (χ4n) is 1.20.